The van der Waals surface area contributed by atoms with Crippen LogP contribution in [-0.2, 0) is 15.6 Å². The van der Waals surface area contributed by atoms with E-state index in [1.54, 1.807) is 13.8 Å². The van der Waals surface area contributed by atoms with Gasteiger partial charge in [-0.2, -0.15) is 4.20 Å². The average molecular weight is 362 g/mol. The number of fused-ring (bicyclic) bond motifs is 1. The molecule has 0 aliphatic heterocycles. The number of alkyl halides is 1. The van der Waals surface area contributed by atoms with Crippen molar-refractivity contribution in [2.45, 2.75) is 31.3 Å². The molecule has 2 unspecified atom stereocenters. The molecule has 2 atom stereocenters. The van der Waals surface area contributed by atoms with E-state index < -0.39 is 7.68 Å². The first-order valence-electron chi connectivity index (χ1n) is 6.52. The van der Waals surface area contributed by atoms with Gasteiger partial charge in [0.25, 0.3) is 0 Å². The Bertz CT molecular complexity index is 628. The summed E-state index contributed by atoms with van der Waals surface area (Å²) in [5.74, 6) is 0. The summed E-state index contributed by atoms with van der Waals surface area (Å²) in [4.78, 5) is -0.243. The van der Waals surface area contributed by atoms with Gasteiger partial charge in [-0.1, -0.05) is 34.1 Å². The van der Waals surface area contributed by atoms with Crippen LogP contribution in [0.4, 0.5) is 4.20 Å². The van der Waals surface area contributed by atoms with Crippen molar-refractivity contribution in [3.05, 3.63) is 36.5 Å². The lowest BCUT2D eigenvalue weighted by atomic mass is 10.2. The van der Waals surface area contributed by atoms with Gasteiger partial charge in [0.1, 0.15) is 0 Å². The Hall–Kier alpha value is -0.640. The van der Waals surface area contributed by atoms with E-state index in [2.05, 4.69) is 15.9 Å². The van der Waals surface area contributed by atoms with Crippen LogP contribution in [0, 0.1) is 0 Å². The predicted octanol–water partition coefficient (Wildman–Crippen LogP) is 4.99. The summed E-state index contributed by atoms with van der Waals surface area (Å²) in [7, 11) is -4.04. The molecule has 0 aliphatic carbocycles. The number of aromatic nitrogens is 1. The van der Waals surface area contributed by atoms with Crippen molar-refractivity contribution in [2.24, 2.45) is 0 Å². The molecule has 0 amide bonds. The number of benzene rings is 1. The molecule has 1 aromatic carbocycles. The third-order valence-electron chi connectivity index (χ3n) is 2.86. The number of para-hydroxylation sites is 1. The number of nitrogens with zero attached hydrogens (tertiary/aromatic N) is 1. The fourth-order valence-corrected chi connectivity index (χ4v) is 4.82. The average Bonchev–Trinajstić information content (AvgIpc) is 2.70. The predicted molar refractivity (Wildman–Crippen MR) is 84.5 cm³/mol. The Morgan fingerprint density at radius 3 is 2.75 bits per heavy atom. The van der Waals surface area contributed by atoms with Gasteiger partial charge in [0.05, 0.1) is 12.3 Å². The molecule has 0 spiro atoms. The van der Waals surface area contributed by atoms with Crippen molar-refractivity contribution in [3.8, 4) is 0 Å². The van der Waals surface area contributed by atoms with Gasteiger partial charge in [0.15, 0.2) is 0 Å². The quantitative estimate of drug-likeness (QED) is 0.535. The zero-order valence-corrected chi connectivity index (χ0v) is 14.0. The zero-order valence-electron chi connectivity index (χ0n) is 11.5. The van der Waals surface area contributed by atoms with Gasteiger partial charge in [0.2, 0.25) is 0 Å². The molecule has 1 heterocycles. The van der Waals surface area contributed by atoms with Crippen LogP contribution in [0.2, 0.25) is 0 Å². The van der Waals surface area contributed by atoms with Crippen LogP contribution in [0.1, 0.15) is 13.8 Å². The van der Waals surface area contributed by atoms with Crippen molar-refractivity contribution >= 4 is 34.5 Å². The van der Waals surface area contributed by atoms with Gasteiger partial charge in [-0.15, -0.1) is 0 Å². The maximum atomic E-state index is 13.8. The van der Waals surface area contributed by atoms with E-state index in [0.717, 1.165) is 10.9 Å². The summed E-state index contributed by atoms with van der Waals surface area (Å²) in [6.45, 7) is 3.90. The number of halogens is 2. The minimum absolute atomic E-state index is 0.127. The van der Waals surface area contributed by atoms with E-state index in [0.29, 0.717) is 6.54 Å². The third-order valence-corrected chi connectivity index (χ3v) is 5.59. The molecular formula is C14H18BrFNO2P. The zero-order chi connectivity index (χ0) is 14.8. The summed E-state index contributed by atoms with van der Waals surface area (Å²) in [5, 5.41) is 1.13. The van der Waals surface area contributed by atoms with E-state index in [1.165, 1.54) is 0 Å². The first-order chi connectivity index (χ1) is 9.37. The molecule has 2 aromatic rings. The Labute approximate surface area is 126 Å². The lowest BCUT2D eigenvalue weighted by Gasteiger charge is -2.17. The van der Waals surface area contributed by atoms with Crippen molar-refractivity contribution < 1.29 is 13.3 Å². The van der Waals surface area contributed by atoms with E-state index in [1.807, 2.05) is 41.1 Å². The SMILES string of the molecule is CC(C)OP(=O)(F)CC(Br)Cn1ccc2ccccc21. The first-order valence-corrected chi connectivity index (χ1v) is 9.14. The normalized spacial score (nSPS) is 16.4. The van der Waals surface area contributed by atoms with E-state index >= 15 is 0 Å². The van der Waals surface area contributed by atoms with Crippen LogP contribution in [0.15, 0.2) is 36.5 Å². The van der Waals surface area contributed by atoms with Gasteiger partial charge in [-0.3, -0.25) is 4.57 Å². The molecular weight excluding hydrogens is 344 g/mol. The van der Waals surface area contributed by atoms with Crippen LogP contribution in [0.25, 0.3) is 10.9 Å². The first kappa shape index (κ1) is 15.7. The molecule has 0 saturated carbocycles. The highest BCUT2D eigenvalue weighted by atomic mass is 79.9. The largest absolute Gasteiger partial charge is 0.369 e. The third kappa shape index (κ3) is 4.18. The van der Waals surface area contributed by atoms with E-state index in [4.69, 9.17) is 4.52 Å². The van der Waals surface area contributed by atoms with Crippen molar-refractivity contribution in [2.75, 3.05) is 6.16 Å². The van der Waals surface area contributed by atoms with E-state index in [-0.39, 0.29) is 17.1 Å². The summed E-state index contributed by atoms with van der Waals surface area (Å²) >= 11 is 3.40. The highest BCUT2D eigenvalue weighted by molar-refractivity contribution is 9.09. The molecule has 3 nitrogen and oxygen atoms in total. The summed E-state index contributed by atoms with van der Waals surface area (Å²) in [6.07, 6.45) is 1.45. The molecule has 0 aliphatic rings. The van der Waals surface area contributed by atoms with E-state index in [9.17, 15) is 8.76 Å². The minimum Gasteiger partial charge on any atom is -0.346 e. The second-order valence-electron chi connectivity index (χ2n) is 5.05. The number of rotatable bonds is 6. The van der Waals surface area contributed by atoms with Crippen LogP contribution >= 0.6 is 23.6 Å². The molecule has 0 N–H and O–H groups in total. The fourth-order valence-electron chi connectivity index (χ4n) is 2.17. The topological polar surface area (TPSA) is 31.2 Å². The van der Waals surface area contributed by atoms with Gasteiger partial charge in [-0.25, -0.2) is 0 Å². The van der Waals surface area contributed by atoms with Gasteiger partial charge in [-0.05, 0) is 31.4 Å². The summed E-state index contributed by atoms with van der Waals surface area (Å²) < 4.78 is 32.4. The van der Waals surface area contributed by atoms with Crippen molar-refractivity contribution in [3.63, 3.8) is 0 Å². The molecule has 1 aromatic heterocycles. The molecule has 0 fully saturated rings. The minimum atomic E-state index is -4.04. The Kier molecular flexibility index (Phi) is 5.05. The standard InChI is InChI=1S/C14H18BrFNO2P/c1-11(2)19-20(16,18)10-13(15)9-17-8-7-12-5-3-4-6-14(12)17/h3-8,11,13H,9-10H2,1-2H3. The van der Waals surface area contributed by atoms with Crippen molar-refractivity contribution in [1.29, 1.82) is 0 Å². The maximum absolute atomic E-state index is 13.8. The molecule has 20 heavy (non-hydrogen) atoms. The fraction of sp³-hybridized carbons (Fsp3) is 0.429. The van der Waals surface area contributed by atoms with Crippen LogP contribution in [-0.4, -0.2) is 21.7 Å². The lowest BCUT2D eigenvalue weighted by molar-refractivity contribution is 0.223. The second-order valence-corrected chi connectivity index (χ2v) is 8.10. The highest BCUT2D eigenvalue weighted by Gasteiger charge is 2.27. The number of hydrogen-bond acceptors (Lipinski definition) is 2. The molecule has 0 saturated heterocycles. The summed E-state index contributed by atoms with van der Waals surface area (Å²) in [5.41, 5.74) is 1.08. The van der Waals surface area contributed by atoms with Crippen molar-refractivity contribution in [1.82, 2.24) is 4.57 Å². The highest BCUT2D eigenvalue weighted by Crippen LogP contribution is 2.51. The molecule has 0 radical (unpaired) electrons. The number of hydrogen-bond donors (Lipinski definition) is 0. The lowest BCUT2D eigenvalue weighted by Crippen LogP contribution is -2.14. The molecule has 0 bridgehead atoms. The van der Waals surface area contributed by atoms with Gasteiger partial charge < -0.3 is 9.09 Å². The smallest absolute Gasteiger partial charge is 0.346 e. The summed E-state index contributed by atoms with van der Waals surface area (Å²) in [6, 6.07) is 9.98. The second kappa shape index (κ2) is 6.42. The van der Waals surface area contributed by atoms with Crippen LogP contribution < -0.4 is 0 Å². The van der Waals surface area contributed by atoms with Gasteiger partial charge >= 0.3 is 7.68 Å². The molecule has 110 valence electrons. The Morgan fingerprint density at radius 1 is 1.35 bits per heavy atom. The van der Waals surface area contributed by atoms with Crippen LogP contribution in [0.5, 0.6) is 0 Å². The van der Waals surface area contributed by atoms with Crippen LogP contribution in [0.3, 0.4) is 0 Å². The molecule has 6 heteroatoms. The monoisotopic (exact) mass is 361 g/mol. The molecule has 2 rings (SSSR count). The Balaban J connectivity index is 2.05. The van der Waals surface area contributed by atoms with Gasteiger partial charge in [0, 0.05) is 23.1 Å². The maximum Gasteiger partial charge on any atom is 0.369 e. The Morgan fingerprint density at radius 2 is 2.05 bits per heavy atom.